The number of likely N-dealkylation sites (N-methyl/N-ethyl adjacent to an activating group) is 1. The highest BCUT2D eigenvalue weighted by Gasteiger charge is 2.03. The Kier molecular flexibility index (Phi) is 3.67. The Labute approximate surface area is 99.7 Å². The minimum atomic E-state index is -0.107. The molecule has 0 amide bonds. The molecule has 0 aliphatic carbocycles. The Hall–Kier alpha value is -1.94. The van der Waals surface area contributed by atoms with Gasteiger partial charge in [0.25, 0.3) is 5.56 Å². The van der Waals surface area contributed by atoms with Crippen molar-refractivity contribution in [2.24, 2.45) is 0 Å². The molecule has 0 unspecified atom stereocenters. The average molecular weight is 229 g/mol. The molecule has 0 spiro atoms. The SMILES string of the molecule is CNCCc1nc(-c2ccccc2)cc(=O)[nH]1. The van der Waals surface area contributed by atoms with Gasteiger partial charge < -0.3 is 10.3 Å². The summed E-state index contributed by atoms with van der Waals surface area (Å²) in [6.07, 6.45) is 0.715. The molecule has 4 nitrogen and oxygen atoms in total. The second-order valence-corrected chi connectivity index (χ2v) is 3.80. The predicted molar refractivity (Wildman–Crippen MR) is 67.9 cm³/mol. The Balaban J connectivity index is 2.35. The first-order valence-electron chi connectivity index (χ1n) is 5.60. The maximum atomic E-state index is 11.5. The summed E-state index contributed by atoms with van der Waals surface area (Å²) in [4.78, 5) is 18.7. The second-order valence-electron chi connectivity index (χ2n) is 3.80. The highest BCUT2D eigenvalue weighted by molar-refractivity contribution is 5.58. The maximum absolute atomic E-state index is 11.5. The van der Waals surface area contributed by atoms with E-state index in [0.717, 1.165) is 17.8 Å². The van der Waals surface area contributed by atoms with Crippen molar-refractivity contribution in [2.75, 3.05) is 13.6 Å². The second kappa shape index (κ2) is 5.41. The van der Waals surface area contributed by atoms with Crippen molar-refractivity contribution in [2.45, 2.75) is 6.42 Å². The van der Waals surface area contributed by atoms with E-state index in [0.29, 0.717) is 12.2 Å². The molecule has 0 aliphatic rings. The van der Waals surface area contributed by atoms with Crippen LogP contribution in [0.2, 0.25) is 0 Å². The van der Waals surface area contributed by atoms with Gasteiger partial charge in [-0.25, -0.2) is 4.98 Å². The number of benzene rings is 1. The van der Waals surface area contributed by atoms with Crippen LogP contribution in [0.4, 0.5) is 0 Å². The average Bonchev–Trinajstić information content (AvgIpc) is 2.37. The Morgan fingerprint density at radius 2 is 2.06 bits per heavy atom. The number of aromatic amines is 1. The highest BCUT2D eigenvalue weighted by atomic mass is 16.1. The number of aromatic nitrogens is 2. The molecule has 0 bridgehead atoms. The van der Waals surface area contributed by atoms with E-state index < -0.39 is 0 Å². The zero-order valence-electron chi connectivity index (χ0n) is 9.73. The van der Waals surface area contributed by atoms with Crippen molar-refractivity contribution in [3.05, 3.63) is 52.6 Å². The van der Waals surface area contributed by atoms with Crippen LogP contribution in [0, 0.1) is 0 Å². The Bertz CT molecular complexity index is 534. The number of hydrogen-bond donors (Lipinski definition) is 2. The van der Waals surface area contributed by atoms with Crippen LogP contribution in [-0.2, 0) is 6.42 Å². The quantitative estimate of drug-likeness (QED) is 0.828. The minimum absolute atomic E-state index is 0.107. The molecule has 17 heavy (non-hydrogen) atoms. The van der Waals surface area contributed by atoms with Crippen molar-refractivity contribution in [1.82, 2.24) is 15.3 Å². The molecule has 1 aromatic carbocycles. The topological polar surface area (TPSA) is 57.8 Å². The van der Waals surface area contributed by atoms with E-state index in [2.05, 4.69) is 15.3 Å². The first-order chi connectivity index (χ1) is 8.29. The van der Waals surface area contributed by atoms with Crippen LogP contribution in [0.3, 0.4) is 0 Å². The lowest BCUT2D eigenvalue weighted by atomic mass is 10.1. The maximum Gasteiger partial charge on any atom is 0.251 e. The van der Waals surface area contributed by atoms with Crippen LogP contribution >= 0.6 is 0 Å². The molecule has 88 valence electrons. The molecule has 1 aromatic heterocycles. The van der Waals surface area contributed by atoms with Crippen LogP contribution in [0.25, 0.3) is 11.3 Å². The summed E-state index contributed by atoms with van der Waals surface area (Å²) >= 11 is 0. The van der Waals surface area contributed by atoms with E-state index in [-0.39, 0.29) is 5.56 Å². The van der Waals surface area contributed by atoms with E-state index in [1.807, 2.05) is 37.4 Å². The molecule has 0 saturated carbocycles. The van der Waals surface area contributed by atoms with Gasteiger partial charge in [0.1, 0.15) is 5.82 Å². The van der Waals surface area contributed by atoms with E-state index in [4.69, 9.17) is 0 Å². The third kappa shape index (κ3) is 3.01. The van der Waals surface area contributed by atoms with Crippen molar-refractivity contribution < 1.29 is 0 Å². The van der Waals surface area contributed by atoms with Gasteiger partial charge in [0, 0.05) is 24.6 Å². The third-order valence-corrected chi connectivity index (χ3v) is 2.47. The monoisotopic (exact) mass is 229 g/mol. The fourth-order valence-electron chi connectivity index (χ4n) is 1.63. The minimum Gasteiger partial charge on any atom is -0.319 e. The van der Waals surface area contributed by atoms with E-state index in [9.17, 15) is 4.79 Å². The van der Waals surface area contributed by atoms with Gasteiger partial charge in [-0.3, -0.25) is 4.79 Å². The van der Waals surface area contributed by atoms with Gasteiger partial charge in [-0.05, 0) is 7.05 Å². The molecule has 0 aliphatic heterocycles. The summed E-state index contributed by atoms with van der Waals surface area (Å²) < 4.78 is 0. The van der Waals surface area contributed by atoms with Crippen LogP contribution in [0.5, 0.6) is 0 Å². The van der Waals surface area contributed by atoms with Crippen molar-refractivity contribution in [3.8, 4) is 11.3 Å². The Morgan fingerprint density at radius 1 is 1.29 bits per heavy atom. The number of nitrogens with zero attached hydrogens (tertiary/aromatic N) is 1. The molecule has 0 atom stereocenters. The summed E-state index contributed by atoms with van der Waals surface area (Å²) in [7, 11) is 1.87. The van der Waals surface area contributed by atoms with E-state index >= 15 is 0 Å². The molecule has 2 rings (SSSR count). The standard InChI is InChI=1S/C13H15N3O/c1-14-8-7-12-15-11(9-13(17)16-12)10-5-3-2-4-6-10/h2-6,9,14H,7-8H2,1H3,(H,15,16,17). The normalized spacial score (nSPS) is 10.4. The summed E-state index contributed by atoms with van der Waals surface area (Å²) in [6, 6.07) is 11.2. The molecular formula is C13H15N3O. The number of rotatable bonds is 4. The van der Waals surface area contributed by atoms with Crippen molar-refractivity contribution in [3.63, 3.8) is 0 Å². The summed E-state index contributed by atoms with van der Waals surface area (Å²) in [5.74, 6) is 0.714. The summed E-state index contributed by atoms with van der Waals surface area (Å²) in [5.41, 5.74) is 1.58. The lowest BCUT2D eigenvalue weighted by molar-refractivity contribution is 0.752. The first kappa shape index (κ1) is 11.5. The van der Waals surface area contributed by atoms with Gasteiger partial charge in [-0.2, -0.15) is 0 Å². The first-order valence-corrected chi connectivity index (χ1v) is 5.60. The fourth-order valence-corrected chi connectivity index (χ4v) is 1.63. The van der Waals surface area contributed by atoms with Crippen LogP contribution in [0.15, 0.2) is 41.2 Å². The smallest absolute Gasteiger partial charge is 0.251 e. The van der Waals surface area contributed by atoms with Crippen LogP contribution in [0.1, 0.15) is 5.82 Å². The largest absolute Gasteiger partial charge is 0.319 e. The van der Waals surface area contributed by atoms with Gasteiger partial charge in [0.2, 0.25) is 0 Å². The predicted octanol–water partition coefficient (Wildman–Crippen LogP) is 1.20. The van der Waals surface area contributed by atoms with Gasteiger partial charge in [-0.1, -0.05) is 30.3 Å². The zero-order valence-corrected chi connectivity index (χ0v) is 9.73. The van der Waals surface area contributed by atoms with Crippen molar-refractivity contribution in [1.29, 1.82) is 0 Å². The highest BCUT2D eigenvalue weighted by Crippen LogP contribution is 2.13. The summed E-state index contributed by atoms with van der Waals surface area (Å²) in [5, 5.41) is 3.03. The molecule has 0 saturated heterocycles. The molecule has 4 heteroatoms. The molecule has 0 radical (unpaired) electrons. The summed E-state index contributed by atoms with van der Waals surface area (Å²) in [6.45, 7) is 0.793. The molecule has 2 aromatic rings. The molecule has 0 fully saturated rings. The molecule has 2 N–H and O–H groups in total. The van der Waals surface area contributed by atoms with Crippen LogP contribution in [-0.4, -0.2) is 23.6 Å². The van der Waals surface area contributed by atoms with E-state index in [1.165, 1.54) is 6.07 Å². The van der Waals surface area contributed by atoms with Gasteiger partial charge >= 0.3 is 0 Å². The zero-order chi connectivity index (χ0) is 12.1. The van der Waals surface area contributed by atoms with Gasteiger partial charge in [-0.15, -0.1) is 0 Å². The lowest BCUT2D eigenvalue weighted by Crippen LogP contribution is -2.16. The van der Waals surface area contributed by atoms with Crippen LogP contribution < -0.4 is 10.9 Å². The Morgan fingerprint density at radius 3 is 2.76 bits per heavy atom. The lowest BCUT2D eigenvalue weighted by Gasteiger charge is -2.04. The number of hydrogen-bond acceptors (Lipinski definition) is 3. The number of nitrogens with one attached hydrogen (secondary N) is 2. The van der Waals surface area contributed by atoms with E-state index in [1.54, 1.807) is 0 Å². The number of H-pyrrole nitrogens is 1. The third-order valence-electron chi connectivity index (χ3n) is 2.47. The van der Waals surface area contributed by atoms with Gasteiger partial charge in [0.05, 0.1) is 5.69 Å². The molecular weight excluding hydrogens is 214 g/mol. The molecule has 1 heterocycles. The fraction of sp³-hybridized carbons (Fsp3) is 0.231. The van der Waals surface area contributed by atoms with Gasteiger partial charge in [0.15, 0.2) is 0 Å². The van der Waals surface area contributed by atoms with Crippen molar-refractivity contribution >= 4 is 0 Å².